The van der Waals surface area contributed by atoms with Gasteiger partial charge in [0.2, 0.25) is 21.7 Å². The summed E-state index contributed by atoms with van der Waals surface area (Å²) in [5, 5.41) is 3.52. The standard InChI is InChI=1S/C16H22Cl2N2O5S/c1-10(2)14(20-26(3,22)23)15(21)19-9-16(24-6-7-25-16)12-5-4-11(17)8-13(12)18/h4-5,8,10,14,20H,6-7,9H2,1-3H3,(H,19,21). The highest BCUT2D eigenvalue weighted by atomic mass is 35.5. The summed E-state index contributed by atoms with van der Waals surface area (Å²) in [6, 6.07) is 3.98. The maximum Gasteiger partial charge on any atom is 0.238 e. The lowest BCUT2D eigenvalue weighted by Crippen LogP contribution is -2.52. The molecule has 1 heterocycles. The molecule has 0 aromatic heterocycles. The van der Waals surface area contributed by atoms with E-state index in [9.17, 15) is 13.2 Å². The molecule has 0 spiro atoms. The fraction of sp³-hybridized carbons (Fsp3) is 0.562. The first-order valence-electron chi connectivity index (χ1n) is 8.02. The molecule has 1 aliphatic heterocycles. The molecule has 1 aliphatic rings. The van der Waals surface area contributed by atoms with Gasteiger partial charge in [0.25, 0.3) is 0 Å². The van der Waals surface area contributed by atoms with E-state index in [0.717, 1.165) is 6.26 Å². The highest BCUT2D eigenvalue weighted by Crippen LogP contribution is 2.36. The van der Waals surface area contributed by atoms with Crippen LogP contribution in [-0.2, 0) is 30.1 Å². The minimum Gasteiger partial charge on any atom is -0.349 e. The molecule has 1 atom stereocenters. The maximum absolute atomic E-state index is 12.5. The summed E-state index contributed by atoms with van der Waals surface area (Å²) in [7, 11) is -3.54. The van der Waals surface area contributed by atoms with Crippen molar-refractivity contribution in [3.8, 4) is 0 Å². The van der Waals surface area contributed by atoms with Crippen molar-refractivity contribution in [3.05, 3.63) is 33.8 Å². The van der Waals surface area contributed by atoms with Crippen LogP contribution >= 0.6 is 23.2 Å². The number of halogens is 2. The topological polar surface area (TPSA) is 93.7 Å². The van der Waals surface area contributed by atoms with Crippen LogP contribution in [0.4, 0.5) is 0 Å². The van der Waals surface area contributed by atoms with E-state index in [2.05, 4.69) is 10.0 Å². The van der Waals surface area contributed by atoms with Crippen LogP contribution in [0.15, 0.2) is 18.2 Å². The molecule has 10 heteroatoms. The zero-order chi connectivity index (χ0) is 19.5. The molecule has 1 aromatic rings. The van der Waals surface area contributed by atoms with Crippen LogP contribution in [0.25, 0.3) is 0 Å². The molecule has 1 fully saturated rings. The van der Waals surface area contributed by atoms with Crippen LogP contribution in [0.5, 0.6) is 0 Å². The van der Waals surface area contributed by atoms with Crippen molar-refractivity contribution in [1.29, 1.82) is 0 Å². The Hall–Kier alpha value is -0.900. The molecule has 26 heavy (non-hydrogen) atoms. The summed E-state index contributed by atoms with van der Waals surface area (Å²) in [6.07, 6.45) is 1.01. The first-order valence-corrected chi connectivity index (χ1v) is 10.7. The number of sulfonamides is 1. The Morgan fingerprint density at radius 2 is 1.88 bits per heavy atom. The molecule has 0 aliphatic carbocycles. The van der Waals surface area contributed by atoms with Gasteiger partial charge >= 0.3 is 0 Å². The van der Waals surface area contributed by atoms with Crippen LogP contribution in [-0.4, -0.2) is 46.4 Å². The van der Waals surface area contributed by atoms with E-state index in [1.807, 2.05) is 0 Å². The van der Waals surface area contributed by atoms with Crippen molar-refractivity contribution in [2.45, 2.75) is 25.7 Å². The normalized spacial score (nSPS) is 18.1. The number of ether oxygens (including phenoxy) is 2. The number of benzene rings is 1. The molecule has 1 saturated heterocycles. The number of carbonyl (C=O) groups is 1. The quantitative estimate of drug-likeness (QED) is 0.696. The lowest BCUT2D eigenvalue weighted by molar-refractivity contribution is -0.165. The molecule has 1 unspecified atom stereocenters. The van der Waals surface area contributed by atoms with Crippen molar-refractivity contribution in [2.24, 2.45) is 5.92 Å². The SMILES string of the molecule is CC(C)C(NS(C)(=O)=O)C(=O)NCC1(c2ccc(Cl)cc2Cl)OCCO1. The Labute approximate surface area is 163 Å². The minimum absolute atomic E-state index is 0.0259. The number of hydrogen-bond donors (Lipinski definition) is 2. The molecule has 7 nitrogen and oxygen atoms in total. The lowest BCUT2D eigenvalue weighted by atomic mass is 10.0. The van der Waals surface area contributed by atoms with Gasteiger partial charge in [-0.15, -0.1) is 0 Å². The van der Waals surface area contributed by atoms with Crippen LogP contribution in [0.3, 0.4) is 0 Å². The van der Waals surface area contributed by atoms with E-state index >= 15 is 0 Å². The largest absolute Gasteiger partial charge is 0.349 e. The molecule has 1 amide bonds. The number of rotatable bonds is 7. The van der Waals surface area contributed by atoms with Crippen molar-refractivity contribution < 1.29 is 22.7 Å². The molecule has 0 radical (unpaired) electrons. The molecule has 2 N–H and O–H groups in total. The van der Waals surface area contributed by atoms with Crippen molar-refractivity contribution in [2.75, 3.05) is 26.0 Å². The number of amides is 1. The van der Waals surface area contributed by atoms with Crippen LogP contribution in [0.2, 0.25) is 10.0 Å². The van der Waals surface area contributed by atoms with Crippen molar-refractivity contribution in [3.63, 3.8) is 0 Å². The van der Waals surface area contributed by atoms with Gasteiger partial charge in [0.15, 0.2) is 0 Å². The van der Waals surface area contributed by atoms with Gasteiger partial charge in [-0.3, -0.25) is 4.79 Å². The molecular formula is C16H22Cl2N2O5S. The molecule has 2 rings (SSSR count). The smallest absolute Gasteiger partial charge is 0.238 e. The average molecular weight is 425 g/mol. The number of hydrogen-bond acceptors (Lipinski definition) is 5. The highest BCUT2D eigenvalue weighted by Gasteiger charge is 2.41. The van der Waals surface area contributed by atoms with Gasteiger partial charge < -0.3 is 14.8 Å². The summed E-state index contributed by atoms with van der Waals surface area (Å²) in [5.41, 5.74) is 0.540. The molecule has 0 saturated carbocycles. The Morgan fingerprint density at radius 1 is 1.27 bits per heavy atom. The zero-order valence-electron chi connectivity index (χ0n) is 14.7. The predicted molar refractivity (Wildman–Crippen MR) is 99.7 cm³/mol. The second kappa shape index (κ2) is 8.41. The monoisotopic (exact) mass is 424 g/mol. The van der Waals surface area contributed by atoms with Crippen LogP contribution in [0.1, 0.15) is 19.4 Å². The number of nitrogens with one attached hydrogen (secondary N) is 2. The van der Waals surface area contributed by atoms with E-state index < -0.39 is 27.8 Å². The fourth-order valence-electron chi connectivity index (χ4n) is 2.64. The summed E-state index contributed by atoms with van der Waals surface area (Å²) < 4.78 is 36.8. The summed E-state index contributed by atoms with van der Waals surface area (Å²) >= 11 is 12.2. The van der Waals surface area contributed by atoms with Gasteiger partial charge in [0.05, 0.1) is 31.0 Å². The second-order valence-electron chi connectivity index (χ2n) is 6.40. The Kier molecular flexibility index (Phi) is 6.92. The Bertz CT molecular complexity index is 764. The second-order valence-corrected chi connectivity index (χ2v) is 9.03. The van der Waals surface area contributed by atoms with Gasteiger partial charge in [-0.05, 0) is 18.1 Å². The third-order valence-electron chi connectivity index (χ3n) is 3.88. The predicted octanol–water partition coefficient (Wildman–Crippen LogP) is 1.88. The van der Waals surface area contributed by atoms with Gasteiger partial charge in [-0.25, -0.2) is 13.1 Å². The van der Waals surface area contributed by atoms with E-state index in [-0.39, 0.29) is 12.5 Å². The first kappa shape index (κ1) is 21.4. The van der Waals surface area contributed by atoms with Crippen molar-refractivity contribution >= 4 is 39.1 Å². The van der Waals surface area contributed by atoms with Crippen LogP contribution in [0, 0.1) is 5.92 Å². The lowest BCUT2D eigenvalue weighted by Gasteiger charge is -2.30. The minimum atomic E-state index is -3.54. The van der Waals surface area contributed by atoms with E-state index in [1.165, 1.54) is 0 Å². The van der Waals surface area contributed by atoms with Gasteiger partial charge in [0.1, 0.15) is 6.04 Å². The molecular weight excluding hydrogens is 403 g/mol. The molecule has 1 aromatic carbocycles. The van der Waals surface area contributed by atoms with Crippen molar-refractivity contribution in [1.82, 2.24) is 10.0 Å². The first-order chi connectivity index (χ1) is 12.0. The number of carbonyl (C=O) groups excluding carboxylic acids is 1. The zero-order valence-corrected chi connectivity index (χ0v) is 17.0. The average Bonchev–Trinajstić information content (AvgIpc) is 2.99. The van der Waals surface area contributed by atoms with E-state index in [0.29, 0.717) is 28.8 Å². The molecule has 146 valence electrons. The van der Waals surface area contributed by atoms with E-state index in [1.54, 1.807) is 32.0 Å². The fourth-order valence-corrected chi connectivity index (χ4v) is 4.04. The van der Waals surface area contributed by atoms with E-state index in [4.69, 9.17) is 32.7 Å². The summed E-state index contributed by atoms with van der Waals surface area (Å²) in [4.78, 5) is 12.5. The van der Waals surface area contributed by atoms with Crippen LogP contribution < -0.4 is 10.0 Å². The maximum atomic E-state index is 12.5. The third-order valence-corrected chi connectivity index (χ3v) is 5.11. The summed E-state index contributed by atoms with van der Waals surface area (Å²) in [5.74, 6) is -1.97. The van der Waals surface area contributed by atoms with Gasteiger partial charge in [-0.1, -0.05) is 43.1 Å². The highest BCUT2D eigenvalue weighted by molar-refractivity contribution is 7.88. The summed E-state index contributed by atoms with van der Waals surface area (Å²) in [6.45, 7) is 4.14. The van der Waals surface area contributed by atoms with Gasteiger partial charge in [-0.2, -0.15) is 0 Å². The third kappa shape index (κ3) is 5.31. The Morgan fingerprint density at radius 3 is 2.38 bits per heavy atom. The van der Waals surface area contributed by atoms with Gasteiger partial charge in [0, 0.05) is 10.6 Å². The molecule has 0 bridgehead atoms. The Balaban J connectivity index is 2.19.